The van der Waals surface area contributed by atoms with Crippen LogP contribution in [0.3, 0.4) is 0 Å². The molecule has 0 saturated carbocycles. The molecule has 0 unspecified atom stereocenters. The van der Waals surface area contributed by atoms with Crippen molar-refractivity contribution in [2.24, 2.45) is 0 Å². The first kappa shape index (κ1) is 19.2. The van der Waals surface area contributed by atoms with E-state index in [1.165, 1.54) is 25.5 Å². The first-order chi connectivity index (χ1) is 13.0. The van der Waals surface area contributed by atoms with Crippen LogP contribution in [0.15, 0.2) is 36.4 Å². The van der Waals surface area contributed by atoms with Crippen LogP contribution in [-0.2, 0) is 0 Å². The largest absolute Gasteiger partial charge is 0.495 e. The Labute approximate surface area is 164 Å². The molecule has 2 amide bonds. The van der Waals surface area contributed by atoms with Crippen LogP contribution in [0.2, 0.25) is 5.02 Å². The van der Waals surface area contributed by atoms with Gasteiger partial charge in [0.1, 0.15) is 11.5 Å². The van der Waals surface area contributed by atoms with E-state index in [1.54, 1.807) is 17.0 Å². The number of rotatable bonds is 4. The lowest BCUT2D eigenvalue weighted by Crippen LogP contribution is -2.50. The molecule has 7 heteroatoms. The zero-order valence-electron chi connectivity index (χ0n) is 15.8. The molecule has 1 aliphatic heterocycles. The Bertz CT molecular complexity index is 803. The van der Waals surface area contributed by atoms with Gasteiger partial charge >= 0.3 is 6.03 Å². The minimum atomic E-state index is -0.166. The van der Waals surface area contributed by atoms with E-state index < -0.39 is 0 Å². The molecule has 27 heavy (non-hydrogen) atoms. The smallest absolute Gasteiger partial charge is 0.322 e. The molecule has 0 radical (unpaired) electrons. The second-order valence-electron chi connectivity index (χ2n) is 6.43. The number of halogens is 1. The molecule has 2 aromatic rings. The van der Waals surface area contributed by atoms with Gasteiger partial charge in [-0.15, -0.1) is 0 Å². The third-order valence-electron chi connectivity index (χ3n) is 4.68. The van der Waals surface area contributed by atoms with E-state index in [0.717, 1.165) is 13.1 Å². The van der Waals surface area contributed by atoms with E-state index in [2.05, 4.69) is 41.4 Å². The number of anilines is 2. The summed E-state index contributed by atoms with van der Waals surface area (Å²) >= 11 is 6.12. The molecule has 2 aromatic carbocycles. The van der Waals surface area contributed by atoms with Crippen molar-refractivity contribution < 1.29 is 14.3 Å². The number of hydrogen-bond acceptors (Lipinski definition) is 4. The van der Waals surface area contributed by atoms with E-state index in [0.29, 0.717) is 35.3 Å². The van der Waals surface area contributed by atoms with Gasteiger partial charge in [0, 0.05) is 44.0 Å². The Hall–Kier alpha value is -2.60. The topological polar surface area (TPSA) is 54.0 Å². The van der Waals surface area contributed by atoms with Gasteiger partial charge in [-0.2, -0.15) is 0 Å². The zero-order valence-corrected chi connectivity index (χ0v) is 16.5. The standard InChI is InChI=1S/C20H24ClN3O3/c1-14-4-6-15(7-5-14)23-8-10-24(11-9-23)20(25)22-17-13-18(26-2)16(21)12-19(17)27-3/h4-7,12-13H,8-11H2,1-3H3,(H,22,25). The molecule has 0 bridgehead atoms. The Kier molecular flexibility index (Phi) is 5.96. The number of carbonyl (C=O) groups excluding carboxylic acids is 1. The summed E-state index contributed by atoms with van der Waals surface area (Å²) < 4.78 is 10.5. The first-order valence-corrected chi connectivity index (χ1v) is 9.18. The SMILES string of the molecule is COc1cc(NC(=O)N2CCN(c3ccc(C)cc3)CC2)c(OC)cc1Cl. The summed E-state index contributed by atoms with van der Waals surface area (Å²) in [4.78, 5) is 16.8. The summed E-state index contributed by atoms with van der Waals surface area (Å²) in [5, 5.41) is 3.33. The van der Waals surface area contributed by atoms with Crippen molar-refractivity contribution >= 4 is 29.0 Å². The highest BCUT2D eigenvalue weighted by molar-refractivity contribution is 6.32. The zero-order chi connectivity index (χ0) is 19.4. The summed E-state index contributed by atoms with van der Waals surface area (Å²) in [7, 11) is 3.07. The molecule has 1 fully saturated rings. The van der Waals surface area contributed by atoms with Crippen LogP contribution in [-0.4, -0.2) is 51.3 Å². The number of urea groups is 1. The highest BCUT2D eigenvalue weighted by Gasteiger charge is 2.22. The predicted molar refractivity (Wildman–Crippen MR) is 109 cm³/mol. The van der Waals surface area contributed by atoms with Crippen molar-refractivity contribution in [3.63, 3.8) is 0 Å². The number of hydrogen-bond donors (Lipinski definition) is 1. The van der Waals surface area contributed by atoms with Gasteiger partial charge in [-0.1, -0.05) is 29.3 Å². The summed E-state index contributed by atoms with van der Waals surface area (Å²) in [6.07, 6.45) is 0. The van der Waals surface area contributed by atoms with Crippen LogP contribution in [0.5, 0.6) is 11.5 Å². The van der Waals surface area contributed by atoms with Crippen molar-refractivity contribution in [2.75, 3.05) is 50.6 Å². The van der Waals surface area contributed by atoms with E-state index in [-0.39, 0.29) is 6.03 Å². The lowest BCUT2D eigenvalue weighted by molar-refractivity contribution is 0.208. The number of aryl methyl sites for hydroxylation is 1. The van der Waals surface area contributed by atoms with E-state index in [1.807, 2.05) is 0 Å². The molecule has 0 aromatic heterocycles. The van der Waals surface area contributed by atoms with Crippen LogP contribution in [0, 0.1) is 6.92 Å². The molecule has 0 atom stereocenters. The molecular weight excluding hydrogens is 366 g/mol. The van der Waals surface area contributed by atoms with Gasteiger partial charge in [-0.25, -0.2) is 4.79 Å². The highest BCUT2D eigenvalue weighted by atomic mass is 35.5. The van der Waals surface area contributed by atoms with E-state index in [4.69, 9.17) is 21.1 Å². The average Bonchev–Trinajstić information content (AvgIpc) is 2.69. The Morgan fingerprint density at radius 1 is 1.00 bits per heavy atom. The van der Waals surface area contributed by atoms with Gasteiger partial charge in [0.15, 0.2) is 0 Å². The third-order valence-corrected chi connectivity index (χ3v) is 4.98. The Morgan fingerprint density at radius 2 is 1.63 bits per heavy atom. The molecule has 3 rings (SSSR count). The number of methoxy groups -OCH3 is 2. The van der Waals surface area contributed by atoms with Gasteiger partial charge < -0.3 is 24.6 Å². The normalized spacial score (nSPS) is 14.1. The minimum Gasteiger partial charge on any atom is -0.495 e. The fraction of sp³-hybridized carbons (Fsp3) is 0.350. The van der Waals surface area contributed by atoms with Crippen molar-refractivity contribution in [1.82, 2.24) is 4.90 Å². The van der Waals surface area contributed by atoms with Crippen LogP contribution >= 0.6 is 11.6 Å². The van der Waals surface area contributed by atoms with Crippen LogP contribution in [0.25, 0.3) is 0 Å². The molecule has 144 valence electrons. The molecule has 0 aliphatic carbocycles. The maximum Gasteiger partial charge on any atom is 0.322 e. The molecule has 0 spiro atoms. The van der Waals surface area contributed by atoms with Crippen molar-refractivity contribution in [3.05, 3.63) is 47.0 Å². The fourth-order valence-electron chi connectivity index (χ4n) is 3.08. The lowest BCUT2D eigenvalue weighted by Gasteiger charge is -2.36. The van der Waals surface area contributed by atoms with E-state index in [9.17, 15) is 4.79 Å². The van der Waals surface area contributed by atoms with Gasteiger partial charge in [0.2, 0.25) is 0 Å². The van der Waals surface area contributed by atoms with Gasteiger partial charge in [0.05, 0.1) is 24.9 Å². The molecule has 6 nitrogen and oxygen atoms in total. The number of nitrogens with one attached hydrogen (secondary N) is 1. The summed E-state index contributed by atoms with van der Waals surface area (Å²) in [5.41, 5.74) is 2.96. The van der Waals surface area contributed by atoms with Crippen LogP contribution in [0.1, 0.15) is 5.56 Å². The van der Waals surface area contributed by atoms with E-state index >= 15 is 0 Å². The minimum absolute atomic E-state index is 0.166. The van der Waals surface area contributed by atoms with Crippen molar-refractivity contribution in [2.45, 2.75) is 6.92 Å². The number of benzene rings is 2. The van der Waals surface area contributed by atoms with Crippen LogP contribution in [0.4, 0.5) is 16.2 Å². The number of amides is 2. The number of piperazine rings is 1. The lowest BCUT2D eigenvalue weighted by atomic mass is 10.2. The average molecular weight is 390 g/mol. The Morgan fingerprint density at radius 3 is 2.22 bits per heavy atom. The maximum atomic E-state index is 12.7. The number of ether oxygens (including phenoxy) is 2. The maximum absolute atomic E-state index is 12.7. The molecule has 1 saturated heterocycles. The van der Waals surface area contributed by atoms with Gasteiger partial charge in [0.25, 0.3) is 0 Å². The fourth-order valence-corrected chi connectivity index (χ4v) is 3.31. The Balaban J connectivity index is 1.64. The second-order valence-corrected chi connectivity index (χ2v) is 6.83. The van der Waals surface area contributed by atoms with Gasteiger partial charge in [-0.05, 0) is 19.1 Å². The summed E-state index contributed by atoms with van der Waals surface area (Å²) in [6.45, 7) is 4.95. The second kappa shape index (κ2) is 8.39. The number of carbonyl (C=O) groups is 1. The molecule has 1 heterocycles. The molecule has 1 aliphatic rings. The quantitative estimate of drug-likeness (QED) is 0.858. The monoisotopic (exact) mass is 389 g/mol. The summed E-state index contributed by atoms with van der Waals surface area (Å²) in [5.74, 6) is 0.976. The van der Waals surface area contributed by atoms with Crippen molar-refractivity contribution in [3.8, 4) is 11.5 Å². The first-order valence-electron chi connectivity index (χ1n) is 8.81. The third kappa shape index (κ3) is 4.39. The molecular formula is C20H24ClN3O3. The van der Waals surface area contributed by atoms with Crippen LogP contribution < -0.4 is 19.7 Å². The summed E-state index contributed by atoms with van der Waals surface area (Å²) in [6, 6.07) is 11.6. The predicted octanol–water partition coefficient (Wildman–Crippen LogP) is 4.02. The highest BCUT2D eigenvalue weighted by Crippen LogP contribution is 2.36. The van der Waals surface area contributed by atoms with Crippen molar-refractivity contribution in [1.29, 1.82) is 0 Å². The molecule has 1 N–H and O–H groups in total. The number of nitrogens with zero attached hydrogens (tertiary/aromatic N) is 2. The van der Waals surface area contributed by atoms with Gasteiger partial charge in [-0.3, -0.25) is 0 Å².